The first-order chi connectivity index (χ1) is 16.4. The van der Waals surface area contributed by atoms with Crippen LogP contribution in [0.15, 0.2) is 22.7 Å². The highest BCUT2D eigenvalue weighted by Crippen LogP contribution is 2.27. The lowest BCUT2D eigenvalue weighted by Gasteiger charge is -2.31. The van der Waals surface area contributed by atoms with Crippen LogP contribution in [0.25, 0.3) is 23.0 Å². The van der Waals surface area contributed by atoms with E-state index in [2.05, 4.69) is 53.0 Å². The number of hydrogen-bond acceptors (Lipinski definition) is 7. The number of piperidine rings is 1. The molecule has 0 aliphatic carbocycles. The largest absolute Gasteiger partial charge is 0.466 e. The highest BCUT2D eigenvalue weighted by Gasteiger charge is 2.26. The minimum absolute atomic E-state index is 0.0390. The number of esters is 1. The minimum Gasteiger partial charge on any atom is -0.466 e. The molecular formula is C26H35N5O3. The molecule has 1 aromatic carbocycles. The van der Waals surface area contributed by atoms with Crippen LogP contribution in [0.2, 0.25) is 0 Å². The number of hydrogen-bond donors (Lipinski definition) is 0. The van der Waals surface area contributed by atoms with E-state index in [1.165, 1.54) is 16.7 Å². The number of ether oxygens (including phenoxy) is 1. The highest BCUT2D eigenvalue weighted by molar-refractivity contribution is 5.72. The van der Waals surface area contributed by atoms with Crippen LogP contribution in [-0.2, 0) is 22.5 Å². The molecule has 182 valence electrons. The Morgan fingerprint density at radius 3 is 2.44 bits per heavy atom. The predicted molar refractivity (Wildman–Crippen MR) is 130 cm³/mol. The van der Waals surface area contributed by atoms with Gasteiger partial charge in [-0.3, -0.25) is 9.48 Å². The number of aromatic nitrogens is 4. The fraction of sp³-hybridized carbons (Fsp3) is 0.538. The molecule has 3 aromatic rings. The number of benzene rings is 1. The molecule has 4 rings (SSSR count). The van der Waals surface area contributed by atoms with Crippen molar-refractivity contribution in [1.29, 1.82) is 0 Å². The second-order valence-corrected chi connectivity index (χ2v) is 9.12. The molecule has 1 aliphatic heterocycles. The highest BCUT2D eigenvalue weighted by atomic mass is 16.5. The summed E-state index contributed by atoms with van der Waals surface area (Å²) in [6.07, 6.45) is 2.74. The molecule has 8 heteroatoms. The van der Waals surface area contributed by atoms with Gasteiger partial charge in [0.15, 0.2) is 5.69 Å². The van der Waals surface area contributed by atoms with Crippen LogP contribution in [0, 0.1) is 26.7 Å². The summed E-state index contributed by atoms with van der Waals surface area (Å²) in [5, 5.41) is 8.75. The van der Waals surface area contributed by atoms with Crippen molar-refractivity contribution < 1.29 is 14.1 Å². The molecule has 0 saturated carbocycles. The number of carbonyl (C=O) groups is 1. The summed E-state index contributed by atoms with van der Waals surface area (Å²) in [5.41, 5.74) is 6.55. The Morgan fingerprint density at radius 1 is 1.12 bits per heavy atom. The van der Waals surface area contributed by atoms with Gasteiger partial charge in [0.25, 0.3) is 5.89 Å². The minimum atomic E-state index is -0.0390. The summed E-state index contributed by atoms with van der Waals surface area (Å²) >= 11 is 0. The van der Waals surface area contributed by atoms with Gasteiger partial charge in [0.2, 0.25) is 5.82 Å². The summed E-state index contributed by atoms with van der Waals surface area (Å²) in [6.45, 7) is 14.4. The van der Waals surface area contributed by atoms with E-state index in [9.17, 15) is 4.79 Å². The molecule has 34 heavy (non-hydrogen) atoms. The zero-order chi connectivity index (χ0) is 24.2. The van der Waals surface area contributed by atoms with E-state index in [1.54, 1.807) is 0 Å². The summed E-state index contributed by atoms with van der Waals surface area (Å²) < 4.78 is 12.6. The van der Waals surface area contributed by atoms with Crippen LogP contribution in [0.1, 0.15) is 49.1 Å². The van der Waals surface area contributed by atoms with Crippen molar-refractivity contribution in [3.8, 4) is 23.0 Å². The van der Waals surface area contributed by atoms with E-state index in [0.29, 0.717) is 24.0 Å². The monoisotopic (exact) mass is 465 g/mol. The van der Waals surface area contributed by atoms with Gasteiger partial charge in [0.05, 0.1) is 12.5 Å². The Labute approximate surface area is 201 Å². The van der Waals surface area contributed by atoms with Gasteiger partial charge in [-0.25, -0.2) is 0 Å². The third-order valence-corrected chi connectivity index (χ3v) is 6.77. The molecule has 8 nitrogen and oxygen atoms in total. The average Bonchev–Trinajstić information content (AvgIpc) is 3.45. The second kappa shape index (κ2) is 10.5. The molecule has 1 fully saturated rings. The first-order valence-electron chi connectivity index (χ1n) is 12.3. The zero-order valence-electron chi connectivity index (χ0n) is 20.9. The van der Waals surface area contributed by atoms with Crippen LogP contribution < -0.4 is 0 Å². The Kier molecular flexibility index (Phi) is 7.46. The van der Waals surface area contributed by atoms with Gasteiger partial charge >= 0.3 is 5.97 Å². The van der Waals surface area contributed by atoms with Crippen LogP contribution in [0.3, 0.4) is 0 Å². The average molecular weight is 466 g/mol. The van der Waals surface area contributed by atoms with E-state index >= 15 is 0 Å². The maximum absolute atomic E-state index is 12.0. The van der Waals surface area contributed by atoms with Gasteiger partial charge < -0.3 is 14.2 Å². The summed E-state index contributed by atoms with van der Waals surface area (Å²) in [6, 6.07) is 6.25. The van der Waals surface area contributed by atoms with Gasteiger partial charge in [0.1, 0.15) is 0 Å². The van der Waals surface area contributed by atoms with Gasteiger partial charge in [-0.15, -0.1) is 0 Å². The van der Waals surface area contributed by atoms with Gasteiger partial charge in [0, 0.05) is 24.3 Å². The standard InChI is InChI=1S/C26H35N5O3/c1-6-31-19(5)16-23(28-31)25-27-24(29-34-25)21-14-17(3)22(18(4)15-21)10-13-30-11-8-20(9-12-30)26(32)33-7-2/h14-16,20H,6-13H2,1-5H3. The summed E-state index contributed by atoms with van der Waals surface area (Å²) in [5.74, 6) is 1.04. The molecule has 0 unspecified atom stereocenters. The van der Waals surface area contributed by atoms with Gasteiger partial charge in [-0.2, -0.15) is 10.1 Å². The SMILES string of the molecule is CCOC(=O)C1CCN(CCc2c(C)cc(-c3noc(-c4cc(C)n(CC)n4)n3)cc2C)CC1. The summed E-state index contributed by atoms with van der Waals surface area (Å²) in [7, 11) is 0. The lowest BCUT2D eigenvalue weighted by molar-refractivity contribution is -0.149. The van der Waals surface area contributed by atoms with Crippen LogP contribution >= 0.6 is 0 Å². The number of nitrogens with zero attached hydrogens (tertiary/aromatic N) is 5. The van der Waals surface area contributed by atoms with Gasteiger partial charge in [-0.05, 0) is 102 Å². The maximum atomic E-state index is 12.0. The maximum Gasteiger partial charge on any atom is 0.309 e. The van der Waals surface area contributed by atoms with E-state index in [0.717, 1.165) is 56.7 Å². The first-order valence-corrected chi connectivity index (χ1v) is 12.3. The zero-order valence-corrected chi connectivity index (χ0v) is 20.9. The molecule has 0 radical (unpaired) electrons. The van der Waals surface area contributed by atoms with Crippen molar-refractivity contribution >= 4 is 5.97 Å². The normalized spacial score (nSPS) is 15.1. The van der Waals surface area contributed by atoms with Crippen molar-refractivity contribution in [2.24, 2.45) is 5.92 Å². The van der Waals surface area contributed by atoms with Gasteiger partial charge in [-0.1, -0.05) is 5.16 Å². The van der Waals surface area contributed by atoms with Crippen LogP contribution in [0.5, 0.6) is 0 Å². The lowest BCUT2D eigenvalue weighted by Crippen LogP contribution is -2.38. The second-order valence-electron chi connectivity index (χ2n) is 9.12. The molecule has 0 N–H and O–H groups in total. The smallest absolute Gasteiger partial charge is 0.309 e. The molecule has 0 amide bonds. The van der Waals surface area contributed by atoms with E-state index in [1.807, 2.05) is 24.6 Å². The number of aryl methyl sites for hydroxylation is 4. The number of likely N-dealkylation sites (tertiary alicyclic amines) is 1. The van der Waals surface area contributed by atoms with Crippen LogP contribution in [-0.4, -0.2) is 57.0 Å². The van der Waals surface area contributed by atoms with Crippen molar-refractivity contribution in [1.82, 2.24) is 24.8 Å². The molecule has 1 saturated heterocycles. The number of rotatable bonds is 8. The summed E-state index contributed by atoms with van der Waals surface area (Å²) in [4.78, 5) is 19.0. The molecule has 3 heterocycles. The fourth-order valence-electron chi connectivity index (χ4n) is 4.82. The first kappa shape index (κ1) is 24.1. The van der Waals surface area contributed by atoms with Crippen molar-refractivity contribution in [2.75, 3.05) is 26.2 Å². The Morgan fingerprint density at radius 2 is 1.82 bits per heavy atom. The number of carbonyl (C=O) groups excluding carboxylic acids is 1. The van der Waals surface area contributed by atoms with Crippen molar-refractivity contribution in [3.63, 3.8) is 0 Å². The molecule has 1 aliphatic rings. The fourth-order valence-corrected chi connectivity index (χ4v) is 4.82. The quantitative estimate of drug-likeness (QED) is 0.457. The molecule has 0 bridgehead atoms. The predicted octanol–water partition coefficient (Wildman–Crippen LogP) is 4.36. The van der Waals surface area contributed by atoms with E-state index in [4.69, 9.17) is 9.26 Å². The molecule has 0 spiro atoms. The van der Waals surface area contributed by atoms with E-state index < -0.39 is 0 Å². The van der Waals surface area contributed by atoms with E-state index in [-0.39, 0.29) is 11.9 Å². The molecule has 2 aromatic heterocycles. The molecular weight excluding hydrogens is 430 g/mol. The van der Waals surface area contributed by atoms with Crippen LogP contribution in [0.4, 0.5) is 0 Å². The lowest BCUT2D eigenvalue weighted by atomic mass is 9.94. The Hall–Kier alpha value is -3.00. The Bertz CT molecular complexity index is 1120. The van der Waals surface area contributed by atoms with Crippen molar-refractivity contribution in [2.45, 2.75) is 60.4 Å². The molecule has 0 atom stereocenters. The third kappa shape index (κ3) is 5.22. The Balaban J connectivity index is 1.40. The van der Waals surface area contributed by atoms with Crippen molar-refractivity contribution in [3.05, 3.63) is 40.6 Å². The topological polar surface area (TPSA) is 86.3 Å². The third-order valence-electron chi connectivity index (χ3n) is 6.77.